The van der Waals surface area contributed by atoms with Crippen LogP contribution >= 0.6 is 0 Å². The summed E-state index contributed by atoms with van der Waals surface area (Å²) in [6, 6.07) is 4.18. The highest BCUT2D eigenvalue weighted by molar-refractivity contribution is 5.40. The third kappa shape index (κ3) is 2.61. The third-order valence-corrected chi connectivity index (χ3v) is 2.99. The first-order valence-corrected chi connectivity index (χ1v) is 5.64. The van der Waals surface area contributed by atoms with Crippen molar-refractivity contribution in [3.05, 3.63) is 34.4 Å². The van der Waals surface area contributed by atoms with Crippen LogP contribution in [0.5, 0.6) is 0 Å². The Balaban J connectivity index is 3.19. The van der Waals surface area contributed by atoms with E-state index in [2.05, 4.69) is 38.2 Å². The van der Waals surface area contributed by atoms with Crippen LogP contribution in [0, 0.1) is 20.8 Å². The van der Waals surface area contributed by atoms with Crippen molar-refractivity contribution in [2.45, 2.75) is 32.9 Å². The second-order valence-corrected chi connectivity index (χ2v) is 4.38. The molecular formula is C13H22N2O. The SMILES string of the molecule is CNC(c1c(C)cc(C)cc1C)C(O)CN. The van der Waals surface area contributed by atoms with Gasteiger partial charge in [0.25, 0.3) is 0 Å². The predicted molar refractivity (Wildman–Crippen MR) is 67.5 cm³/mol. The molecule has 0 aliphatic carbocycles. The first-order chi connectivity index (χ1) is 7.51. The topological polar surface area (TPSA) is 58.3 Å². The number of nitrogens with one attached hydrogen (secondary N) is 1. The molecule has 0 amide bonds. The fraction of sp³-hybridized carbons (Fsp3) is 0.538. The molecule has 0 fully saturated rings. The normalized spacial score (nSPS) is 14.9. The lowest BCUT2D eigenvalue weighted by atomic mass is 9.91. The molecule has 1 aromatic carbocycles. The Bertz CT molecular complexity index is 340. The number of likely N-dealkylation sites (N-methyl/N-ethyl adjacent to an activating group) is 1. The van der Waals surface area contributed by atoms with Crippen molar-refractivity contribution < 1.29 is 5.11 Å². The van der Waals surface area contributed by atoms with Crippen LogP contribution in [0.1, 0.15) is 28.3 Å². The van der Waals surface area contributed by atoms with E-state index in [0.29, 0.717) is 0 Å². The predicted octanol–water partition coefficient (Wildman–Crippen LogP) is 1.19. The van der Waals surface area contributed by atoms with E-state index in [1.165, 1.54) is 16.7 Å². The molecule has 0 heterocycles. The van der Waals surface area contributed by atoms with Gasteiger partial charge in [-0.15, -0.1) is 0 Å². The Morgan fingerprint density at radius 2 is 1.75 bits per heavy atom. The Morgan fingerprint density at radius 1 is 1.25 bits per heavy atom. The van der Waals surface area contributed by atoms with E-state index in [0.717, 1.165) is 5.56 Å². The van der Waals surface area contributed by atoms with Crippen molar-refractivity contribution in [1.82, 2.24) is 5.32 Å². The van der Waals surface area contributed by atoms with Gasteiger partial charge in [0.2, 0.25) is 0 Å². The van der Waals surface area contributed by atoms with E-state index in [4.69, 9.17) is 5.73 Å². The van der Waals surface area contributed by atoms with E-state index in [1.807, 2.05) is 7.05 Å². The Labute approximate surface area is 97.7 Å². The highest BCUT2D eigenvalue weighted by Gasteiger charge is 2.21. The lowest BCUT2D eigenvalue weighted by Crippen LogP contribution is -2.35. The number of rotatable bonds is 4. The molecule has 0 aromatic heterocycles. The van der Waals surface area contributed by atoms with Gasteiger partial charge >= 0.3 is 0 Å². The molecule has 0 aliphatic heterocycles. The molecule has 0 spiro atoms. The summed E-state index contributed by atoms with van der Waals surface area (Å²) in [5.41, 5.74) is 10.3. The summed E-state index contributed by atoms with van der Waals surface area (Å²) in [5.74, 6) is 0. The zero-order chi connectivity index (χ0) is 12.3. The van der Waals surface area contributed by atoms with E-state index < -0.39 is 6.10 Å². The number of aliphatic hydroxyl groups excluding tert-OH is 1. The summed E-state index contributed by atoms with van der Waals surface area (Å²) in [5, 5.41) is 13.0. The summed E-state index contributed by atoms with van der Waals surface area (Å²) in [6.07, 6.45) is -0.551. The highest BCUT2D eigenvalue weighted by Crippen LogP contribution is 2.25. The molecular weight excluding hydrogens is 200 g/mol. The van der Waals surface area contributed by atoms with Gasteiger partial charge in [0.05, 0.1) is 12.1 Å². The van der Waals surface area contributed by atoms with Crippen LogP contribution in [0.25, 0.3) is 0 Å². The maximum Gasteiger partial charge on any atom is 0.0856 e. The van der Waals surface area contributed by atoms with Crippen molar-refractivity contribution in [3.63, 3.8) is 0 Å². The third-order valence-electron chi connectivity index (χ3n) is 2.99. The monoisotopic (exact) mass is 222 g/mol. The molecule has 2 unspecified atom stereocenters. The zero-order valence-corrected chi connectivity index (χ0v) is 10.5. The summed E-state index contributed by atoms with van der Waals surface area (Å²) >= 11 is 0. The maximum atomic E-state index is 9.90. The Kier molecular flexibility index (Phi) is 4.47. The van der Waals surface area contributed by atoms with Crippen LogP contribution in [0.4, 0.5) is 0 Å². The van der Waals surface area contributed by atoms with Crippen LogP contribution in [-0.4, -0.2) is 24.8 Å². The van der Waals surface area contributed by atoms with Gasteiger partial charge in [-0.2, -0.15) is 0 Å². The Hall–Kier alpha value is -0.900. The van der Waals surface area contributed by atoms with Gasteiger partial charge in [-0.25, -0.2) is 0 Å². The van der Waals surface area contributed by atoms with E-state index in [-0.39, 0.29) is 12.6 Å². The molecule has 0 saturated carbocycles. The van der Waals surface area contributed by atoms with Crippen molar-refractivity contribution >= 4 is 0 Å². The molecule has 3 heteroatoms. The van der Waals surface area contributed by atoms with Crippen LogP contribution in [-0.2, 0) is 0 Å². The van der Waals surface area contributed by atoms with Crippen LogP contribution in [0.15, 0.2) is 12.1 Å². The number of hydrogen-bond donors (Lipinski definition) is 3. The molecule has 0 radical (unpaired) electrons. The second-order valence-electron chi connectivity index (χ2n) is 4.38. The van der Waals surface area contributed by atoms with Crippen molar-refractivity contribution in [3.8, 4) is 0 Å². The number of aryl methyl sites for hydroxylation is 3. The van der Waals surface area contributed by atoms with Gasteiger partial charge in [0.15, 0.2) is 0 Å². The fourth-order valence-corrected chi connectivity index (χ4v) is 2.35. The van der Waals surface area contributed by atoms with Crippen molar-refractivity contribution in [2.24, 2.45) is 5.73 Å². The van der Waals surface area contributed by atoms with Crippen LogP contribution in [0.3, 0.4) is 0 Å². The van der Waals surface area contributed by atoms with Crippen LogP contribution < -0.4 is 11.1 Å². The zero-order valence-electron chi connectivity index (χ0n) is 10.5. The average molecular weight is 222 g/mol. The highest BCUT2D eigenvalue weighted by atomic mass is 16.3. The second kappa shape index (κ2) is 5.43. The molecule has 0 aliphatic rings. The maximum absolute atomic E-state index is 9.90. The summed E-state index contributed by atoms with van der Waals surface area (Å²) < 4.78 is 0. The van der Waals surface area contributed by atoms with Gasteiger partial charge in [0, 0.05) is 6.54 Å². The number of nitrogens with two attached hydrogens (primary N) is 1. The summed E-state index contributed by atoms with van der Waals surface area (Å²) in [4.78, 5) is 0. The summed E-state index contributed by atoms with van der Waals surface area (Å²) in [6.45, 7) is 6.49. The Morgan fingerprint density at radius 3 is 2.12 bits per heavy atom. The van der Waals surface area contributed by atoms with Gasteiger partial charge in [-0.05, 0) is 44.5 Å². The first kappa shape index (κ1) is 13.2. The van der Waals surface area contributed by atoms with Crippen molar-refractivity contribution in [1.29, 1.82) is 0 Å². The molecule has 0 bridgehead atoms. The molecule has 1 aromatic rings. The number of aliphatic hydroxyl groups is 1. The van der Waals surface area contributed by atoms with E-state index >= 15 is 0 Å². The fourth-order valence-electron chi connectivity index (χ4n) is 2.35. The lowest BCUT2D eigenvalue weighted by molar-refractivity contribution is 0.138. The smallest absolute Gasteiger partial charge is 0.0856 e. The number of benzene rings is 1. The number of hydrogen-bond acceptors (Lipinski definition) is 3. The largest absolute Gasteiger partial charge is 0.390 e. The average Bonchev–Trinajstić information content (AvgIpc) is 2.22. The van der Waals surface area contributed by atoms with Gasteiger partial charge < -0.3 is 16.2 Å². The molecule has 4 N–H and O–H groups in total. The van der Waals surface area contributed by atoms with E-state index in [9.17, 15) is 5.11 Å². The summed E-state index contributed by atoms with van der Waals surface area (Å²) in [7, 11) is 1.85. The first-order valence-electron chi connectivity index (χ1n) is 5.64. The molecule has 2 atom stereocenters. The molecule has 16 heavy (non-hydrogen) atoms. The minimum Gasteiger partial charge on any atom is -0.390 e. The minimum atomic E-state index is -0.551. The molecule has 1 rings (SSSR count). The minimum absolute atomic E-state index is 0.0920. The van der Waals surface area contributed by atoms with Crippen molar-refractivity contribution in [2.75, 3.05) is 13.6 Å². The van der Waals surface area contributed by atoms with E-state index in [1.54, 1.807) is 0 Å². The van der Waals surface area contributed by atoms with Gasteiger partial charge in [0.1, 0.15) is 0 Å². The standard InChI is InChI=1S/C13H22N2O/c1-8-5-9(2)12(10(3)6-8)13(15-4)11(16)7-14/h5-6,11,13,15-16H,7,14H2,1-4H3. The van der Waals surface area contributed by atoms with Gasteiger partial charge in [-0.3, -0.25) is 0 Å². The molecule has 0 saturated heterocycles. The molecule has 90 valence electrons. The quantitative estimate of drug-likeness (QED) is 0.717. The van der Waals surface area contributed by atoms with Gasteiger partial charge in [-0.1, -0.05) is 17.7 Å². The lowest BCUT2D eigenvalue weighted by Gasteiger charge is -2.25. The molecule has 3 nitrogen and oxygen atoms in total. The van der Waals surface area contributed by atoms with Crippen LogP contribution in [0.2, 0.25) is 0 Å².